The van der Waals surface area contributed by atoms with Crippen molar-refractivity contribution in [1.82, 2.24) is 0 Å². The maximum absolute atomic E-state index is 12.9. The Kier molecular flexibility index (Phi) is 4.94. The van der Waals surface area contributed by atoms with Gasteiger partial charge in [-0.25, -0.2) is 0 Å². The van der Waals surface area contributed by atoms with E-state index in [-0.39, 0.29) is 17.1 Å². The van der Waals surface area contributed by atoms with Gasteiger partial charge in [0.25, 0.3) is 0 Å². The molecule has 1 aromatic carbocycles. The number of rotatable bonds is 4. The van der Waals surface area contributed by atoms with Crippen LogP contribution in [0.2, 0.25) is 0 Å². The fraction of sp³-hybridized carbons (Fsp3) is 0.381. The molecule has 0 aromatic heterocycles. The Morgan fingerprint density at radius 2 is 2.08 bits per heavy atom. The van der Waals surface area contributed by atoms with E-state index in [4.69, 9.17) is 9.47 Å². The highest BCUT2D eigenvalue weighted by Gasteiger charge is 2.43. The Hall–Kier alpha value is -2.87. The Morgan fingerprint density at radius 3 is 2.73 bits per heavy atom. The topological polar surface area (TPSA) is 71.7 Å². The highest BCUT2D eigenvalue weighted by molar-refractivity contribution is 6.00. The minimum absolute atomic E-state index is 0.0330. The van der Waals surface area contributed by atoms with E-state index in [0.29, 0.717) is 36.4 Å². The number of carbonyl (C=O) groups excluding carboxylic acids is 1. The molecule has 0 N–H and O–H groups in total. The SMILES string of the molecule is CCOC=NC1=C(C#N)C(c2ccccc2)C2=C(CC(C)(C)CC2=O)O1. The third-order valence-corrected chi connectivity index (χ3v) is 4.57. The molecular weight excluding hydrogens is 328 g/mol. The number of ether oxygens (including phenoxy) is 2. The molecule has 1 heterocycles. The molecule has 134 valence electrons. The first-order chi connectivity index (χ1) is 12.5. The van der Waals surface area contributed by atoms with Gasteiger partial charge in [-0.05, 0) is 17.9 Å². The van der Waals surface area contributed by atoms with E-state index < -0.39 is 5.92 Å². The van der Waals surface area contributed by atoms with Crippen molar-refractivity contribution in [2.24, 2.45) is 10.4 Å². The van der Waals surface area contributed by atoms with E-state index in [1.165, 1.54) is 6.40 Å². The molecule has 1 unspecified atom stereocenters. The molecule has 0 radical (unpaired) electrons. The monoisotopic (exact) mass is 350 g/mol. The van der Waals surface area contributed by atoms with Gasteiger partial charge in [0.1, 0.15) is 17.4 Å². The largest absolute Gasteiger partial charge is 0.483 e. The summed E-state index contributed by atoms with van der Waals surface area (Å²) in [4.78, 5) is 17.1. The second-order valence-corrected chi connectivity index (χ2v) is 7.24. The first-order valence-corrected chi connectivity index (χ1v) is 8.74. The van der Waals surface area contributed by atoms with E-state index in [2.05, 4.69) is 11.1 Å². The molecule has 0 bridgehead atoms. The molecule has 26 heavy (non-hydrogen) atoms. The average Bonchev–Trinajstić information content (AvgIpc) is 2.60. The van der Waals surface area contributed by atoms with Crippen LogP contribution in [0.15, 0.2) is 58.1 Å². The number of hydrogen-bond donors (Lipinski definition) is 0. The van der Waals surface area contributed by atoms with Gasteiger partial charge in [0.15, 0.2) is 12.2 Å². The number of nitrogens with zero attached hydrogens (tertiary/aromatic N) is 2. The number of carbonyl (C=O) groups is 1. The molecule has 3 rings (SSSR count). The van der Waals surface area contributed by atoms with Crippen LogP contribution in [0.1, 0.15) is 45.1 Å². The Bertz CT molecular complexity index is 842. The number of nitriles is 1. The zero-order chi connectivity index (χ0) is 18.7. The quantitative estimate of drug-likeness (QED) is 0.601. The molecule has 1 atom stereocenters. The van der Waals surface area contributed by atoms with Crippen molar-refractivity contribution in [2.75, 3.05) is 6.61 Å². The van der Waals surface area contributed by atoms with E-state index in [9.17, 15) is 10.1 Å². The zero-order valence-corrected chi connectivity index (χ0v) is 15.3. The lowest BCUT2D eigenvalue weighted by Gasteiger charge is -2.37. The predicted molar refractivity (Wildman–Crippen MR) is 98.1 cm³/mol. The summed E-state index contributed by atoms with van der Waals surface area (Å²) in [5.41, 5.74) is 1.62. The lowest BCUT2D eigenvalue weighted by atomic mass is 9.70. The minimum atomic E-state index is -0.456. The Labute approximate surface area is 153 Å². The second kappa shape index (κ2) is 7.17. The van der Waals surface area contributed by atoms with Crippen LogP contribution in [0.4, 0.5) is 0 Å². The van der Waals surface area contributed by atoms with Gasteiger partial charge in [-0.1, -0.05) is 44.2 Å². The smallest absolute Gasteiger partial charge is 0.236 e. The van der Waals surface area contributed by atoms with Crippen molar-refractivity contribution in [3.05, 3.63) is 58.7 Å². The maximum Gasteiger partial charge on any atom is 0.236 e. The van der Waals surface area contributed by atoms with Gasteiger partial charge >= 0.3 is 0 Å². The lowest BCUT2D eigenvalue weighted by molar-refractivity contribution is -0.119. The Balaban J connectivity index is 2.15. The highest BCUT2D eigenvalue weighted by Crippen LogP contribution is 2.48. The number of benzene rings is 1. The summed E-state index contributed by atoms with van der Waals surface area (Å²) in [6.07, 6.45) is 2.36. The van der Waals surface area contributed by atoms with E-state index in [0.717, 1.165) is 5.56 Å². The zero-order valence-electron chi connectivity index (χ0n) is 15.3. The van der Waals surface area contributed by atoms with Crippen molar-refractivity contribution in [2.45, 2.75) is 39.5 Å². The minimum Gasteiger partial charge on any atom is -0.483 e. The van der Waals surface area contributed by atoms with Crippen LogP contribution in [0, 0.1) is 16.7 Å². The van der Waals surface area contributed by atoms with Crippen LogP contribution in [-0.4, -0.2) is 18.8 Å². The maximum atomic E-state index is 12.9. The molecule has 0 saturated carbocycles. The van der Waals surface area contributed by atoms with Crippen LogP contribution < -0.4 is 0 Å². The fourth-order valence-corrected chi connectivity index (χ4v) is 3.48. The van der Waals surface area contributed by atoms with Crippen molar-refractivity contribution < 1.29 is 14.3 Å². The molecule has 1 aromatic rings. The summed E-state index contributed by atoms with van der Waals surface area (Å²) in [6.45, 7) is 6.41. The predicted octanol–water partition coefficient (Wildman–Crippen LogP) is 4.24. The summed E-state index contributed by atoms with van der Waals surface area (Å²) < 4.78 is 11.1. The molecule has 0 fully saturated rings. The first kappa shape index (κ1) is 17.9. The van der Waals surface area contributed by atoms with Gasteiger partial charge in [-0.3, -0.25) is 4.79 Å². The third-order valence-electron chi connectivity index (χ3n) is 4.57. The molecule has 5 nitrogen and oxygen atoms in total. The van der Waals surface area contributed by atoms with Crippen LogP contribution in [0.5, 0.6) is 0 Å². The van der Waals surface area contributed by atoms with Gasteiger partial charge in [0.05, 0.1) is 12.5 Å². The van der Waals surface area contributed by atoms with Crippen LogP contribution in [0.3, 0.4) is 0 Å². The molecule has 0 saturated heterocycles. The molecule has 0 spiro atoms. The van der Waals surface area contributed by atoms with Crippen molar-refractivity contribution in [1.29, 1.82) is 5.26 Å². The fourth-order valence-electron chi connectivity index (χ4n) is 3.48. The standard InChI is InChI=1S/C21H22N2O3/c1-4-25-13-23-20-15(12-22)18(14-8-6-5-7-9-14)19-16(24)10-21(2,3)11-17(19)26-20/h5-9,13,18H,4,10-11H2,1-3H3. The summed E-state index contributed by atoms with van der Waals surface area (Å²) in [6, 6.07) is 11.8. The summed E-state index contributed by atoms with van der Waals surface area (Å²) in [5, 5.41) is 9.79. The van der Waals surface area contributed by atoms with E-state index >= 15 is 0 Å². The number of hydrogen-bond acceptors (Lipinski definition) is 5. The van der Waals surface area contributed by atoms with Gasteiger partial charge in [0, 0.05) is 18.4 Å². The number of aliphatic imine (C=N–C) groups is 1. The molecule has 1 aliphatic carbocycles. The van der Waals surface area contributed by atoms with Crippen molar-refractivity contribution in [3.8, 4) is 6.07 Å². The normalized spacial score (nSPS) is 22.1. The summed E-state index contributed by atoms with van der Waals surface area (Å²) in [5.74, 6) is 0.398. The summed E-state index contributed by atoms with van der Waals surface area (Å²) in [7, 11) is 0. The van der Waals surface area contributed by atoms with Gasteiger partial charge < -0.3 is 9.47 Å². The first-order valence-electron chi connectivity index (χ1n) is 8.74. The Morgan fingerprint density at radius 1 is 1.35 bits per heavy atom. The van der Waals surface area contributed by atoms with Gasteiger partial charge in [-0.15, -0.1) is 0 Å². The number of ketones is 1. The molecule has 1 aliphatic heterocycles. The average molecular weight is 350 g/mol. The van der Waals surface area contributed by atoms with Gasteiger partial charge in [-0.2, -0.15) is 10.3 Å². The molecular formula is C21H22N2O3. The van der Waals surface area contributed by atoms with Crippen LogP contribution in [-0.2, 0) is 14.3 Å². The van der Waals surface area contributed by atoms with Crippen LogP contribution >= 0.6 is 0 Å². The van der Waals surface area contributed by atoms with Crippen molar-refractivity contribution >= 4 is 12.2 Å². The van der Waals surface area contributed by atoms with E-state index in [1.54, 1.807) is 0 Å². The number of allylic oxidation sites excluding steroid dienone is 3. The molecule has 5 heteroatoms. The molecule has 0 amide bonds. The van der Waals surface area contributed by atoms with Crippen LogP contribution in [0.25, 0.3) is 0 Å². The molecule has 2 aliphatic rings. The number of Topliss-reactive ketones (excluding diaryl/α,β-unsaturated/α-hetero) is 1. The van der Waals surface area contributed by atoms with E-state index in [1.807, 2.05) is 51.1 Å². The van der Waals surface area contributed by atoms with Gasteiger partial charge in [0.2, 0.25) is 5.88 Å². The second-order valence-electron chi connectivity index (χ2n) is 7.24. The summed E-state index contributed by atoms with van der Waals surface area (Å²) >= 11 is 0. The third kappa shape index (κ3) is 3.41. The lowest BCUT2D eigenvalue weighted by Crippen LogP contribution is -2.32. The van der Waals surface area contributed by atoms with Crippen molar-refractivity contribution in [3.63, 3.8) is 0 Å². The highest BCUT2D eigenvalue weighted by atomic mass is 16.5.